The molecule has 1 atom stereocenters. The Morgan fingerprint density at radius 2 is 1.88 bits per heavy atom. The molecule has 0 heterocycles. The van der Waals surface area contributed by atoms with Crippen LogP contribution in [-0.2, 0) is 4.79 Å². The van der Waals surface area contributed by atoms with Crippen LogP contribution in [-0.4, -0.2) is 24.9 Å². The fraction of sp³-hybridized carbons (Fsp3) is 0.211. The second kappa shape index (κ2) is 7.97. The normalized spacial score (nSPS) is 11.1. The van der Waals surface area contributed by atoms with Crippen LogP contribution in [0, 0.1) is 11.3 Å². The van der Waals surface area contributed by atoms with E-state index in [1.807, 2.05) is 6.07 Å². The summed E-state index contributed by atoms with van der Waals surface area (Å²) in [5.41, 5.74) is 1.29. The molecule has 1 amide bonds. The maximum absolute atomic E-state index is 12.4. The third kappa shape index (κ3) is 4.36. The number of nitrogens with zero attached hydrogens (tertiary/aromatic N) is 1. The first-order valence-corrected chi connectivity index (χ1v) is 7.62. The summed E-state index contributed by atoms with van der Waals surface area (Å²) < 4.78 is 10.8. The van der Waals surface area contributed by atoms with Gasteiger partial charge in [-0.3, -0.25) is 9.59 Å². The molecule has 0 aliphatic rings. The molecule has 0 unspecified atom stereocenters. The van der Waals surface area contributed by atoms with Gasteiger partial charge in [-0.15, -0.1) is 0 Å². The van der Waals surface area contributed by atoms with E-state index in [-0.39, 0.29) is 5.78 Å². The van der Waals surface area contributed by atoms with Gasteiger partial charge in [-0.1, -0.05) is 12.1 Å². The number of carbonyl (C=O) groups excluding carboxylic acids is 2. The lowest BCUT2D eigenvalue weighted by molar-refractivity contribution is -0.122. The van der Waals surface area contributed by atoms with E-state index < -0.39 is 12.0 Å². The molecule has 0 bridgehead atoms. The fourth-order valence-corrected chi connectivity index (χ4v) is 2.21. The second-order valence-electron chi connectivity index (χ2n) is 5.33. The number of methoxy groups -OCH3 is 1. The topological polar surface area (TPSA) is 88.4 Å². The molecule has 25 heavy (non-hydrogen) atoms. The molecule has 0 fully saturated rings. The van der Waals surface area contributed by atoms with Crippen molar-refractivity contribution in [3.05, 3.63) is 53.6 Å². The van der Waals surface area contributed by atoms with Crippen LogP contribution < -0.4 is 14.8 Å². The summed E-state index contributed by atoms with van der Waals surface area (Å²) in [4.78, 5) is 24.0. The Kier molecular flexibility index (Phi) is 5.75. The minimum absolute atomic E-state index is 0.141. The van der Waals surface area contributed by atoms with E-state index in [0.717, 1.165) is 0 Å². The predicted molar refractivity (Wildman–Crippen MR) is 92.9 cm³/mol. The van der Waals surface area contributed by atoms with Crippen LogP contribution in [0.4, 0.5) is 5.69 Å². The van der Waals surface area contributed by atoms with Crippen LogP contribution >= 0.6 is 0 Å². The van der Waals surface area contributed by atoms with Crippen molar-refractivity contribution in [3.8, 4) is 17.6 Å². The van der Waals surface area contributed by atoms with Gasteiger partial charge in [0.25, 0.3) is 5.91 Å². The zero-order valence-electron chi connectivity index (χ0n) is 14.2. The first-order chi connectivity index (χ1) is 12.0. The van der Waals surface area contributed by atoms with Crippen molar-refractivity contribution in [1.82, 2.24) is 0 Å². The molecule has 6 nitrogen and oxygen atoms in total. The Bertz CT molecular complexity index is 840. The summed E-state index contributed by atoms with van der Waals surface area (Å²) in [5.74, 6) is 0.171. The highest BCUT2D eigenvalue weighted by atomic mass is 16.5. The quantitative estimate of drug-likeness (QED) is 0.817. The van der Waals surface area contributed by atoms with E-state index in [4.69, 9.17) is 14.7 Å². The average molecular weight is 338 g/mol. The molecule has 0 aromatic heterocycles. The molecular weight excluding hydrogens is 320 g/mol. The molecular formula is C19H18N2O4. The summed E-state index contributed by atoms with van der Waals surface area (Å²) in [6.45, 7) is 3.02. The van der Waals surface area contributed by atoms with E-state index in [9.17, 15) is 9.59 Å². The van der Waals surface area contributed by atoms with Gasteiger partial charge in [0, 0.05) is 11.6 Å². The number of nitriles is 1. The molecule has 0 radical (unpaired) electrons. The van der Waals surface area contributed by atoms with Gasteiger partial charge >= 0.3 is 0 Å². The lowest BCUT2D eigenvalue weighted by Gasteiger charge is -2.17. The van der Waals surface area contributed by atoms with Crippen LogP contribution in [0.1, 0.15) is 29.8 Å². The molecule has 0 spiro atoms. The standard InChI is InChI=1S/C19H18N2O4/c1-12(22)15-6-4-5-7-16(15)21-19(23)13(2)25-17-9-8-14(11-20)10-18(17)24-3/h4-10,13H,1-3H3,(H,21,23)/t13-/m0/s1. The molecule has 128 valence electrons. The van der Waals surface area contributed by atoms with Crippen LogP contribution in [0.5, 0.6) is 11.5 Å². The highest BCUT2D eigenvalue weighted by Crippen LogP contribution is 2.29. The fourth-order valence-electron chi connectivity index (χ4n) is 2.21. The molecule has 2 aromatic rings. The average Bonchev–Trinajstić information content (AvgIpc) is 2.62. The number of hydrogen-bond acceptors (Lipinski definition) is 5. The van der Waals surface area contributed by atoms with Crippen molar-refractivity contribution in [2.24, 2.45) is 0 Å². The van der Waals surface area contributed by atoms with E-state index >= 15 is 0 Å². The number of benzene rings is 2. The van der Waals surface area contributed by atoms with Crippen molar-refractivity contribution < 1.29 is 19.1 Å². The van der Waals surface area contributed by atoms with Gasteiger partial charge in [0.1, 0.15) is 0 Å². The van der Waals surface area contributed by atoms with Crippen molar-refractivity contribution in [2.75, 3.05) is 12.4 Å². The zero-order chi connectivity index (χ0) is 18.4. The van der Waals surface area contributed by atoms with Crippen molar-refractivity contribution >= 4 is 17.4 Å². The summed E-state index contributed by atoms with van der Waals surface area (Å²) in [6, 6.07) is 13.5. The van der Waals surface area contributed by atoms with Crippen molar-refractivity contribution in [3.63, 3.8) is 0 Å². The number of amides is 1. The Morgan fingerprint density at radius 1 is 1.16 bits per heavy atom. The molecule has 6 heteroatoms. The lowest BCUT2D eigenvalue weighted by Crippen LogP contribution is -2.30. The van der Waals surface area contributed by atoms with Crippen LogP contribution in [0.3, 0.4) is 0 Å². The first-order valence-electron chi connectivity index (χ1n) is 7.62. The van der Waals surface area contributed by atoms with Crippen LogP contribution in [0.2, 0.25) is 0 Å². The monoisotopic (exact) mass is 338 g/mol. The number of anilines is 1. The van der Waals surface area contributed by atoms with E-state index in [0.29, 0.717) is 28.3 Å². The summed E-state index contributed by atoms with van der Waals surface area (Å²) in [7, 11) is 1.46. The van der Waals surface area contributed by atoms with Gasteiger partial charge in [0.15, 0.2) is 23.4 Å². The Morgan fingerprint density at radius 3 is 2.52 bits per heavy atom. The second-order valence-corrected chi connectivity index (χ2v) is 5.33. The number of hydrogen-bond donors (Lipinski definition) is 1. The number of nitrogens with one attached hydrogen (secondary N) is 1. The van der Waals surface area contributed by atoms with E-state index in [1.165, 1.54) is 20.1 Å². The van der Waals surface area contributed by atoms with Gasteiger partial charge in [0.05, 0.1) is 24.4 Å². The Hall–Kier alpha value is -3.33. The number of para-hydroxylation sites is 1. The molecule has 0 aliphatic heterocycles. The third-order valence-electron chi connectivity index (χ3n) is 3.53. The predicted octanol–water partition coefficient (Wildman–Crippen LogP) is 3.18. The molecule has 0 saturated heterocycles. The van der Waals surface area contributed by atoms with Crippen molar-refractivity contribution in [2.45, 2.75) is 20.0 Å². The molecule has 2 aromatic carbocycles. The number of ketones is 1. The number of ether oxygens (including phenoxy) is 2. The minimum atomic E-state index is -0.832. The van der Waals surface area contributed by atoms with E-state index in [1.54, 1.807) is 43.3 Å². The highest BCUT2D eigenvalue weighted by Gasteiger charge is 2.19. The van der Waals surface area contributed by atoms with Gasteiger partial charge in [0.2, 0.25) is 0 Å². The summed E-state index contributed by atoms with van der Waals surface area (Å²) in [6.07, 6.45) is -0.832. The summed E-state index contributed by atoms with van der Waals surface area (Å²) in [5, 5.41) is 11.6. The zero-order valence-corrected chi connectivity index (χ0v) is 14.2. The smallest absolute Gasteiger partial charge is 0.265 e. The van der Waals surface area contributed by atoms with Crippen molar-refractivity contribution in [1.29, 1.82) is 5.26 Å². The van der Waals surface area contributed by atoms with Gasteiger partial charge in [-0.25, -0.2) is 0 Å². The number of carbonyl (C=O) groups is 2. The van der Waals surface area contributed by atoms with Crippen LogP contribution in [0.25, 0.3) is 0 Å². The lowest BCUT2D eigenvalue weighted by atomic mass is 10.1. The number of Topliss-reactive ketones (excluding diaryl/α,β-unsaturated/α-hetero) is 1. The maximum Gasteiger partial charge on any atom is 0.265 e. The summed E-state index contributed by atoms with van der Waals surface area (Å²) >= 11 is 0. The molecule has 0 aliphatic carbocycles. The molecule has 1 N–H and O–H groups in total. The van der Waals surface area contributed by atoms with Gasteiger partial charge < -0.3 is 14.8 Å². The van der Waals surface area contributed by atoms with E-state index in [2.05, 4.69) is 5.32 Å². The SMILES string of the molecule is COc1cc(C#N)ccc1O[C@@H](C)C(=O)Nc1ccccc1C(C)=O. The largest absolute Gasteiger partial charge is 0.493 e. The van der Waals surface area contributed by atoms with Gasteiger partial charge in [-0.05, 0) is 38.1 Å². The minimum Gasteiger partial charge on any atom is -0.493 e. The molecule has 2 rings (SSSR count). The van der Waals surface area contributed by atoms with Crippen LogP contribution in [0.15, 0.2) is 42.5 Å². The Labute approximate surface area is 146 Å². The Balaban J connectivity index is 2.14. The first kappa shape index (κ1) is 18.0. The van der Waals surface area contributed by atoms with Gasteiger partial charge in [-0.2, -0.15) is 5.26 Å². The highest BCUT2D eigenvalue weighted by molar-refractivity contribution is 6.04. The number of rotatable bonds is 6. The molecule has 0 saturated carbocycles. The third-order valence-corrected chi connectivity index (χ3v) is 3.53. The maximum atomic E-state index is 12.4.